The fourth-order valence-corrected chi connectivity index (χ4v) is 2.20. The van der Waals surface area contributed by atoms with E-state index in [0.717, 1.165) is 5.52 Å². The summed E-state index contributed by atoms with van der Waals surface area (Å²) in [5.41, 5.74) is 1.31. The summed E-state index contributed by atoms with van der Waals surface area (Å²) < 4.78 is 12.9. The standard InChI is InChI=1S/C10H6FN5S/c11-6-2-1-3-7(16-6)17-10-8-9(13-4-12-8)14-5-15-10/h1-5H,(H,12,13,14,15). The summed E-state index contributed by atoms with van der Waals surface area (Å²) in [6.07, 6.45) is 2.97. The van der Waals surface area contributed by atoms with Crippen LogP contribution in [0.2, 0.25) is 0 Å². The maximum absolute atomic E-state index is 12.9. The molecular formula is C10H6FN5S. The molecule has 0 fully saturated rings. The molecule has 7 heteroatoms. The van der Waals surface area contributed by atoms with Crippen molar-refractivity contribution in [1.29, 1.82) is 0 Å². The monoisotopic (exact) mass is 247 g/mol. The SMILES string of the molecule is Fc1cccc(Sc2ncnc3nc[nH]c23)n1. The summed E-state index contributed by atoms with van der Waals surface area (Å²) in [7, 11) is 0. The summed E-state index contributed by atoms with van der Waals surface area (Å²) in [6, 6.07) is 4.63. The Hall–Kier alpha value is -2.02. The van der Waals surface area contributed by atoms with Gasteiger partial charge in [0.2, 0.25) is 5.95 Å². The molecule has 0 aromatic carbocycles. The summed E-state index contributed by atoms with van der Waals surface area (Å²) in [6.45, 7) is 0. The average molecular weight is 247 g/mol. The first-order chi connectivity index (χ1) is 8.33. The number of fused-ring (bicyclic) bond motifs is 1. The number of hydrogen-bond donors (Lipinski definition) is 1. The van der Waals surface area contributed by atoms with Crippen molar-refractivity contribution < 1.29 is 4.39 Å². The Labute approximate surface area is 99.5 Å². The van der Waals surface area contributed by atoms with Crippen LogP contribution in [0.15, 0.2) is 40.9 Å². The van der Waals surface area contributed by atoms with E-state index < -0.39 is 5.95 Å². The summed E-state index contributed by atoms with van der Waals surface area (Å²) in [4.78, 5) is 18.9. The predicted molar refractivity (Wildman–Crippen MR) is 60.0 cm³/mol. The fraction of sp³-hybridized carbons (Fsp3) is 0. The molecule has 0 unspecified atom stereocenters. The van der Waals surface area contributed by atoms with Gasteiger partial charge in [0.25, 0.3) is 0 Å². The Bertz CT molecular complexity index is 668. The molecule has 0 atom stereocenters. The molecule has 1 N–H and O–H groups in total. The van der Waals surface area contributed by atoms with Gasteiger partial charge >= 0.3 is 0 Å². The second-order valence-electron chi connectivity index (χ2n) is 3.18. The van der Waals surface area contributed by atoms with Crippen LogP contribution in [-0.4, -0.2) is 24.9 Å². The molecule has 0 spiro atoms. The van der Waals surface area contributed by atoms with Crippen LogP contribution in [0.25, 0.3) is 11.2 Å². The number of halogens is 1. The summed E-state index contributed by atoms with van der Waals surface area (Å²) in [5, 5.41) is 1.21. The Morgan fingerprint density at radius 3 is 3.00 bits per heavy atom. The first-order valence-electron chi connectivity index (χ1n) is 4.77. The molecule has 0 aliphatic heterocycles. The van der Waals surface area contributed by atoms with Crippen molar-refractivity contribution in [1.82, 2.24) is 24.9 Å². The van der Waals surface area contributed by atoms with Crippen molar-refractivity contribution in [2.24, 2.45) is 0 Å². The quantitative estimate of drug-likeness (QED) is 0.554. The topological polar surface area (TPSA) is 67.3 Å². The van der Waals surface area contributed by atoms with E-state index in [1.165, 1.54) is 24.2 Å². The molecule has 5 nitrogen and oxygen atoms in total. The maximum atomic E-state index is 12.9. The lowest BCUT2D eigenvalue weighted by Crippen LogP contribution is -1.88. The van der Waals surface area contributed by atoms with Crippen LogP contribution >= 0.6 is 11.8 Å². The molecular weight excluding hydrogens is 241 g/mol. The smallest absolute Gasteiger partial charge is 0.213 e. The van der Waals surface area contributed by atoms with Gasteiger partial charge in [-0.25, -0.2) is 19.9 Å². The molecule has 0 aliphatic rings. The van der Waals surface area contributed by atoms with Crippen LogP contribution < -0.4 is 0 Å². The first-order valence-corrected chi connectivity index (χ1v) is 5.59. The van der Waals surface area contributed by atoms with E-state index in [0.29, 0.717) is 15.7 Å². The van der Waals surface area contributed by atoms with E-state index in [4.69, 9.17) is 0 Å². The lowest BCUT2D eigenvalue weighted by atomic mass is 10.5. The number of aromatic nitrogens is 5. The van der Waals surface area contributed by atoms with Gasteiger partial charge < -0.3 is 4.98 Å². The van der Waals surface area contributed by atoms with Gasteiger partial charge in [-0.1, -0.05) is 6.07 Å². The van der Waals surface area contributed by atoms with E-state index in [1.807, 2.05) is 0 Å². The van der Waals surface area contributed by atoms with Gasteiger partial charge in [0.15, 0.2) is 5.65 Å². The van der Waals surface area contributed by atoms with Gasteiger partial charge in [-0.05, 0) is 23.9 Å². The van der Waals surface area contributed by atoms with Crippen LogP contribution in [0.3, 0.4) is 0 Å². The van der Waals surface area contributed by atoms with Gasteiger partial charge in [0, 0.05) is 0 Å². The van der Waals surface area contributed by atoms with Crippen LogP contribution in [0.1, 0.15) is 0 Å². The first kappa shape index (κ1) is 10.2. The molecule has 3 aromatic rings. The number of imidazole rings is 1. The van der Waals surface area contributed by atoms with E-state index in [-0.39, 0.29) is 0 Å². The Kier molecular flexibility index (Phi) is 2.45. The van der Waals surface area contributed by atoms with Crippen LogP contribution in [0.5, 0.6) is 0 Å². The third kappa shape index (κ3) is 1.96. The van der Waals surface area contributed by atoms with Gasteiger partial charge in [0.1, 0.15) is 21.9 Å². The molecule has 0 saturated carbocycles. The van der Waals surface area contributed by atoms with Crippen molar-refractivity contribution in [2.75, 3.05) is 0 Å². The molecule has 0 amide bonds. The lowest BCUT2D eigenvalue weighted by molar-refractivity contribution is 0.572. The second-order valence-corrected chi connectivity index (χ2v) is 4.19. The van der Waals surface area contributed by atoms with Crippen molar-refractivity contribution in [2.45, 2.75) is 10.1 Å². The fourth-order valence-electron chi connectivity index (χ4n) is 1.37. The number of nitrogens with zero attached hydrogens (tertiary/aromatic N) is 4. The highest BCUT2D eigenvalue weighted by molar-refractivity contribution is 7.99. The third-order valence-electron chi connectivity index (χ3n) is 2.08. The molecule has 17 heavy (non-hydrogen) atoms. The van der Waals surface area contributed by atoms with E-state index in [2.05, 4.69) is 24.9 Å². The highest BCUT2D eigenvalue weighted by atomic mass is 32.2. The van der Waals surface area contributed by atoms with E-state index in [1.54, 1.807) is 18.5 Å². The third-order valence-corrected chi connectivity index (χ3v) is 3.02. The summed E-state index contributed by atoms with van der Waals surface area (Å²) in [5.74, 6) is -0.509. The second kappa shape index (κ2) is 4.10. The van der Waals surface area contributed by atoms with Crippen LogP contribution in [0.4, 0.5) is 4.39 Å². The zero-order valence-corrected chi connectivity index (χ0v) is 9.28. The van der Waals surface area contributed by atoms with Crippen molar-refractivity contribution in [3.63, 3.8) is 0 Å². The summed E-state index contributed by atoms with van der Waals surface area (Å²) >= 11 is 1.26. The minimum atomic E-state index is -0.509. The zero-order chi connectivity index (χ0) is 11.7. The van der Waals surface area contributed by atoms with Gasteiger partial charge in [-0.3, -0.25) is 0 Å². The van der Waals surface area contributed by atoms with E-state index in [9.17, 15) is 4.39 Å². The number of H-pyrrole nitrogens is 1. The molecule has 0 aliphatic carbocycles. The molecule has 0 bridgehead atoms. The minimum Gasteiger partial charge on any atom is -0.341 e. The Morgan fingerprint density at radius 1 is 1.18 bits per heavy atom. The van der Waals surface area contributed by atoms with Crippen LogP contribution in [-0.2, 0) is 0 Å². The lowest BCUT2D eigenvalue weighted by Gasteiger charge is -2.00. The molecule has 84 valence electrons. The molecule has 3 heterocycles. The van der Waals surface area contributed by atoms with Gasteiger partial charge in [-0.2, -0.15) is 4.39 Å². The van der Waals surface area contributed by atoms with Gasteiger partial charge in [0.05, 0.1) is 6.33 Å². The highest BCUT2D eigenvalue weighted by Gasteiger charge is 2.08. The normalized spacial score (nSPS) is 10.9. The van der Waals surface area contributed by atoms with E-state index >= 15 is 0 Å². The van der Waals surface area contributed by atoms with Crippen molar-refractivity contribution >= 4 is 22.9 Å². The number of hydrogen-bond acceptors (Lipinski definition) is 5. The average Bonchev–Trinajstić information content (AvgIpc) is 2.78. The van der Waals surface area contributed by atoms with Crippen molar-refractivity contribution in [3.05, 3.63) is 36.8 Å². The predicted octanol–water partition coefficient (Wildman–Crippen LogP) is 2.04. The number of aromatic amines is 1. The highest BCUT2D eigenvalue weighted by Crippen LogP contribution is 2.27. The zero-order valence-electron chi connectivity index (χ0n) is 8.46. The number of rotatable bonds is 2. The molecule has 0 saturated heterocycles. The van der Waals surface area contributed by atoms with Crippen LogP contribution in [0, 0.1) is 5.95 Å². The number of nitrogens with one attached hydrogen (secondary N) is 1. The number of pyridine rings is 1. The molecule has 3 rings (SSSR count). The van der Waals surface area contributed by atoms with Gasteiger partial charge in [-0.15, -0.1) is 0 Å². The Balaban J connectivity index is 2.02. The van der Waals surface area contributed by atoms with Crippen molar-refractivity contribution in [3.8, 4) is 0 Å². The minimum absolute atomic E-state index is 0.509. The Morgan fingerprint density at radius 2 is 2.12 bits per heavy atom. The molecule has 3 aromatic heterocycles. The maximum Gasteiger partial charge on any atom is 0.213 e. The largest absolute Gasteiger partial charge is 0.341 e. The molecule has 0 radical (unpaired) electrons.